The summed E-state index contributed by atoms with van der Waals surface area (Å²) in [5, 5.41) is 9.60. The van der Waals surface area contributed by atoms with Gasteiger partial charge in [0.2, 0.25) is 5.91 Å². The monoisotopic (exact) mass is 272 g/mol. The first kappa shape index (κ1) is 14.0. The Morgan fingerprint density at radius 2 is 2.05 bits per heavy atom. The predicted molar refractivity (Wildman–Crippen MR) is 75.3 cm³/mol. The molecule has 0 radical (unpaired) electrons. The number of nitrogens with zero attached hydrogens (tertiary/aromatic N) is 2. The highest BCUT2D eigenvalue weighted by molar-refractivity contribution is 5.82. The number of hydrogen-bond donors (Lipinski definition) is 1. The predicted octanol–water partition coefficient (Wildman–Crippen LogP) is 1.71. The molecule has 0 unspecified atom stereocenters. The van der Waals surface area contributed by atoms with Crippen molar-refractivity contribution in [2.45, 2.75) is 12.8 Å². The number of carbonyl (C=O) groups excluding carboxylic acids is 1. The second-order valence-corrected chi connectivity index (χ2v) is 4.67. The van der Waals surface area contributed by atoms with Gasteiger partial charge < -0.3 is 10.0 Å². The summed E-state index contributed by atoms with van der Waals surface area (Å²) in [4.78, 5) is 28.2. The van der Waals surface area contributed by atoms with E-state index in [-0.39, 0.29) is 25.3 Å². The summed E-state index contributed by atoms with van der Waals surface area (Å²) in [6.45, 7) is 0.217. The topological polar surface area (TPSA) is 70.5 Å². The Bertz CT molecular complexity index is 640. The van der Waals surface area contributed by atoms with Gasteiger partial charge in [0, 0.05) is 25.2 Å². The second kappa shape index (κ2) is 6.14. The van der Waals surface area contributed by atoms with E-state index < -0.39 is 5.97 Å². The number of carbonyl (C=O) groups is 2. The fourth-order valence-corrected chi connectivity index (χ4v) is 1.91. The van der Waals surface area contributed by atoms with E-state index in [1.54, 1.807) is 13.2 Å². The number of benzene rings is 1. The molecular formula is C15H16N2O3. The minimum atomic E-state index is -0.906. The van der Waals surface area contributed by atoms with E-state index in [0.717, 1.165) is 16.5 Å². The number of pyridine rings is 1. The second-order valence-electron chi connectivity index (χ2n) is 4.67. The normalized spacial score (nSPS) is 10.4. The van der Waals surface area contributed by atoms with Crippen molar-refractivity contribution in [3.8, 4) is 0 Å². The van der Waals surface area contributed by atoms with Crippen LogP contribution in [0.2, 0.25) is 0 Å². The van der Waals surface area contributed by atoms with E-state index in [0.29, 0.717) is 0 Å². The molecule has 1 aromatic carbocycles. The summed E-state index contributed by atoms with van der Waals surface area (Å²) >= 11 is 0. The Labute approximate surface area is 116 Å². The summed E-state index contributed by atoms with van der Waals surface area (Å²) in [6, 6.07) is 9.64. The van der Waals surface area contributed by atoms with E-state index in [1.165, 1.54) is 4.90 Å². The number of carboxylic acid groups (broad SMARTS) is 1. The number of rotatable bonds is 5. The summed E-state index contributed by atoms with van der Waals surface area (Å²) in [5.41, 5.74) is 1.72. The molecular weight excluding hydrogens is 256 g/mol. The maximum atomic E-state index is 12.0. The van der Waals surface area contributed by atoms with E-state index in [1.807, 2.05) is 30.3 Å². The van der Waals surface area contributed by atoms with Crippen LogP contribution >= 0.6 is 0 Å². The van der Waals surface area contributed by atoms with Gasteiger partial charge >= 0.3 is 5.97 Å². The molecule has 5 heteroatoms. The zero-order chi connectivity index (χ0) is 14.5. The van der Waals surface area contributed by atoms with Crippen molar-refractivity contribution in [1.29, 1.82) is 0 Å². The number of amides is 1. The van der Waals surface area contributed by atoms with Crippen molar-refractivity contribution in [3.05, 3.63) is 42.1 Å². The Kier molecular flexibility index (Phi) is 4.30. The first-order valence-corrected chi connectivity index (χ1v) is 6.35. The molecule has 0 aliphatic heterocycles. The van der Waals surface area contributed by atoms with Crippen molar-refractivity contribution in [2.75, 3.05) is 13.6 Å². The molecule has 1 N–H and O–H groups in total. The molecule has 2 aromatic rings. The Morgan fingerprint density at radius 3 is 2.80 bits per heavy atom. The number of fused-ring (bicyclic) bond motifs is 1. The molecule has 0 spiro atoms. The van der Waals surface area contributed by atoms with Crippen LogP contribution in [0, 0.1) is 0 Å². The largest absolute Gasteiger partial charge is 0.481 e. The van der Waals surface area contributed by atoms with Crippen LogP contribution in [-0.4, -0.2) is 40.5 Å². The molecule has 1 aromatic heterocycles. The van der Waals surface area contributed by atoms with Crippen LogP contribution in [0.25, 0.3) is 10.9 Å². The number of carboxylic acids is 1. The van der Waals surface area contributed by atoms with Gasteiger partial charge in [0.05, 0.1) is 18.4 Å². The van der Waals surface area contributed by atoms with Crippen molar-refractivity contribution in [1.82, 2.24) is 9.88 Å². The molecule has 0 atom stereocenters. The van der Waals surface area contributed by atoms with Crippen LogP contribution in [0.3, 0.4) is 0 Å². The number of likely N-dealkylation sites (N-methyl/N-ethyl adjacent to an activating group) is 1. The number of aromatic nitrogens is 1. The third-order valence-electron chi connectivity index (χ3n) is 3.09. The lowest BCUT2D eigenvalue weighted by atomic mass is 10.1. The number of hydrogen-bond acceptors (Lipinski definition) is 3. The molecule has 5 nitrogen and oxygen atoms in total. The first-order chi connectivity index (χ1) is 9.56. The summed E-state index contributed by atoms with van der Waals surface area (Å²) in [7, 11) is 1.61. The molecule has 0 fully saturated rings. The molecule has 0 bridgehead atoms. The van der Waals surface area contributed by atoms with Gasteiger partial charge in [0.1, 0.15) is 0 Å². The van der Waals surface area contributed by atoms with Crippen molar-refractivity contribution in [3.63, 3.8) is 0 Å². The van der Waals surface area contributed by atoms with Gasteiger partial charge in [-0.25, -0.2) is 0 Å². The fourth-order valence-electron chi connectivity index (χ4n) is 1.91. The summed E-state index contributed by atoms with van der Waals surface area (Å²) < 4.78 is 0. The van der Waals surface area contributed by atoms with Crippen LogP contribution in [0.15, 0.2) is 36.5 Å². The van der Waals surface area contributed by atoms with E-state index in [2.05, 4.69) is 4.98 Å². The van der Waals surface area contributed by atoms with Gasteiger partial charge in [-0.2, -0.15) is 0 Å². The highest BCUT2D eigenvalue weighted by Crippen LogP contribution is 2.13. The lowest BCUT2D eigenvalue weighted by Crippen LogP contribution is -2.30. The first-order valence-electron chi connectivity index (χ1n) is 6.35. The van der Waals surface area contributed by atoms with E-state index in [4.69, 9.17) is 5.11 Å². The summed E-state index contributed by atoms with van der Waals surface area (Å²) in [5.74, 6) is -1.01. The zero-order valence-corrected chi connectivity index (χ0v) is 11.2. The van der Waals surface area contributed by atoms with Gasteiger partial charge in [-0.1, -0.05) is 18.2 Å². The standard InChI is InChI=1S/C15H16N2O3/c1-17(7-6-15(19)20)14(18)9-11-8-12-4-2-3-5-13(12)16-10-11/h2-5,8,10H,6-7,9H2,1H3,(H,19,20). The summed E-state index contributed by atoms with van der Waals surface area (Å²) in [6.07, 6.45) is 1.87. The third kappa shape index (κ3) is 3.54. The maximum Gasteiger partial charge on any atom is 0.305 e. The number of aliphatic carboxylic acids is 1. The van der Waals surface area contributed by atoms with E-state index in [9.17, 15) is 9.59 Å². The Morgan fingerprint density at radius 1 is 1.30 bits per heavy atom. The van der Waals surface area contributed by atoms with Crippen LogP contribution in [0.1, 0.15) is 12.0 Å². The molecule has 0 aliphatic rings. The molecule has 0 saturated heterocycles. The van der Waals surface area contributed by atoms with Gasteiger partial charge in [0.15, 0.2) is 0 Å². The van der Waals surface area contributed by atoms with Gasteiger partial charge in [-0.15, -0.1) is 0 Å². The Balaban J connectivity index is 2.03. The maximum absolute atomic E-state index is 12.0. The molecule has 0 saturated carbocycles. The van der Waals surface area contributed by atoms with Gasteiger partial charge in [0.25, 0.3) is 0 Å². The molecule has 0 aliphatic carbocycles. The van der Waals surface area contributed by atoms with Crippen molar-refractivity contribution >= 4 is 22.8 Å². The SMILES string of the molecule is CN(CCC(=O)O)C(=O)Cc1cnc2ccccc2c1. The van der Waals surface area contributed by atoms with Crippen LogP contribution < -0.4 is 0 Å². The molecule has 1 heterocycles. The minimum Gasteiger partial charge on any atom is -0.481 e. The molecule has 1 amide bonds. The number of para-hydroxylation sites is 1. The fraction of sp³-hybridized carbons (Fsp3) is 0.267. The zero-order valence-electron chi connectivity index (χ0n) is 11.2. The highest BCUT2D eigenvalue weighted by Gasteiger charge is 2.11. The lowest BCUT2D eigenvalue weighted by Gasteiger charge is -2.16. The van der Waals surface area contributed by atoms with Crippen LogP contribution in [0.5, 0.6) is 0 Å². The van der Waals surface area contributed by atoms with Gasteiger partial charge in [-0.3, -0.25) is 14.6 Å². The van der Waals surface area contributed by atoms with Crippen LogP contribution in [-0.2, 0) is 16.0 Å². The van der Waals surface area contributed by atoms with Crippen LogP contribution in [0.4, 0.5) is 0 Å². The quantitative estimate of drug-likeness (QED) is 0.899. The highest BCUT2D eigenvalue weighted by atomic mass is 16.4. The third-order valence-corrected chi connectivity index (χ3v) is 3.09. The minimum absolute atomic E-state index is 0.0434. The molecule has 2 rings (SSSR count). The van der Waals surface area contributed by atoms with Crippen molar-refractivity contribution < 1.29 is 14.7 Å². The molecule has 104 valence electrons. The average molecular weight is 272 g/mol. The van der Waals surface area contributed by atoms with E-state index >= 15 is 0 Å². The smallest absolute Gasteiger partial charge is 0.305 e. The van der Waals surface area contributed by atoms with Gasteiger partial charge in [-0.05, 0) is 17.7 Å². The average Bonchev–Trinajstić information content (AvgIpc) is 2.44. The molecule has 20 heavy (non-hydrogen) atoms. The Hall–Kier alpha value is -2.43. The van der Waals surface area contributed by atoms with Crippen molar-refractivity contribution in [2.24, 2.45) is 0 Å². The lowest BCUT2D eigenvalue weighted by molar-refractivity contribution is -0.138.